The van der Waals surface area contributed by atoms with Gasteiger partial charge in [0.15, 0.2) is 0 Å². The molecule has 0 unspecified atom stereocenters. The lowest BCUT2D eigenvalue weighted by Gasteiger charge is -2.37. The average molecular weight is 186 g/mol. The topological polar surface area (TPSA) is 63.2 Å². The van der Waals surface area contributed by atoms with Crippen LogP contribution >= 0.6 is 7.60 Å². The van der Waals surface area contributed by atoms with E-state index in [1.54, 1.807) is 6.92 Å². The van der Waals surface area contributed by atoms with Gasteiger partial charge in [0.1, 0.15) is 0 Å². The Hall–Kier alpha value is 0.01000. The second-order valence-electron chi connectivity index (χ2n) is 2.27. The van der Waals surface area contributed by atoms with Gasteiger partial charge in [0.05, 0.1) is 0 Å². The summed E-state index contributed by atoms with van der Waals surface area (Å²) in [6.07, 6.45) is -0.384. The van der Waals surface area contributed by atoms with Gasteiger partial charge in [-0.25, -0.2) is 8.78 Å². The molecular weight excluding hydrogens is 177 g/mol. The fourth-order valence-corrected chi connectivity index (χ4v) is 0.958. The van der Waals surface area contributed by atoms with E-state index < -0.39 is 19.7 Å². The first-order valence-electron chi connectivity index (χ1n) is 3.21. The third kappa shape index (κ3) is 3.27. The summed E-state index contributed by atoms with van der Waals surface area (Å²) in [7, 11) is -5.73. The number of unbranched alkanes of at least 4 members (excludes halogenated alkanes) is 1. The summed E-state index contributed by atoms with van der Waals surface area (Å²) >= 11 is 0. The van der Waals surface area contributed by atoms with Gasteiger partial charge < -0.3 is 14.4 Å². The van der Waals surface area contributed by atoms with E-state index in [1.165, 1.54) is 0 Å². The zero-order chi connectivity index (χ0) is 9.12. The minimum Gasteiger partial charge on any atom is -0.807 e. The average Bonchev–Trinajstić information content (AvgIpc) is 1.81. The molecule has 0 heterocycles. The third-order valence-corrected chi connectivity index (χ3v) is 2.26. The highest BCUT2D eigenvalue weighted by Gasteiger charge is 2.32. The lowest BCUT2D eigenvalue weighted by atomic mass is 10.3. The van der Waals surface area contributed by atoms with Crippen LogP contribution in [0.5, 0.6) is 0 Å². The van der Waals surface area contributed by atoms with Crippen molar-refractivity contribution in [1.82, 2.24) is 0 Å². The highest BCUT2D eigenvalue weighted by atomic mass is 31.2. The molecule has 0 radical (unpaired) electrons. The van der Waals surface area contributed by atoms with Crippen molar-refractivity contribution in [3.8, 4) is 0 Å². The Morgan fingerprint density at radius 1 is 1.45 bits per heavy atom. The normalized spacial score (nSPS) is 13.5. The van der Waals surface area contributed by atoms with Crippen molar-refractivity contribution in [2.24, 2.45) is 0 Å². The van der Waals surface area contributed by atoms with Crippen LogP contribution in [-0.2, 0) is 4.57 Å². The van der Waals surface area contributed by atoms with Gasteiger partial charge in [-0.15, -0.1) is 0 Å². The van der Waals surface area contributed by atoms with E-state index >= 15 is 0 Å². The standard InChI is InChI=1S/C5H11F2O3P/c1-2-3-4-5(6,7)11(8,9)10/h2-4H2,1H3,(H2,8,9,10)/p-2. The second-order valence-corrected chi connectivity index (χ2v) is 3.92. The van der Waals surface area contributed by atoms with Crippen LogP contribution in [0.2, 0.25) is 0 Å². The first-order valence-corrected chi connectivity index (χ1v) is 4.75. The minimum atomic E-state index is -5.73. The van der Waals surface area contributed by atoms with E-state index in [4.69, 9.17) is 0 Å². The summed E-state index contributed by atoms with van der Waals surface area (Å²) < 4.78 is 34.3. The molecule has 0 saturated carbocycles. The quantitative estimate of drug-likeness (QED) is 0.606. The molecule has 0 saturated heterocycles. The van der Waals surface area contributed by atoms with Crippen LogP contribution in [0.15, 0.2) is 0 Å². The zero-order valence-electron chi connectivity index (χ0n) is 6.05. The molecule has 3 nitrogen and oxygen atoms in total. The van der Waals surface area contributed by atoms with Gasteiger partial charge in [-0.05, 0) is 6.42 Å². The van der Waals surface area contributed by atoms with Crippen LogP contribution in [0.25, 0.3) is 0 Å². The molecule has 11 heavy (non-hydrogen) atoms. The Morgan fingerprint density at radius 3 is 2.18 bits per heavy atom. The molecule has 0 aliphatic carbocycles. The summed E-state index contributed by atoms with van der Waals surface area (Å²) in [4.78, 5) is 19.8. The molecule has 0 bridgehead atoms. The van der Waals surface area contributed by atoms with Crippen LogP contribution in [0.4, 0.5) is 8.78 Å². The van der Waals surface area contributed by atoms with Crippen molar-refractivity contribution >= 4 is 7.60 Å². The van der Waals surface area contributed by atoms with Crippen molar-refractivity contribution in [1.29, 1.82) is 0 Å². The van der Waals surface area contributed by atoms with E-state index in [9.17, 15) is 23.1 Å². The molecule has 0 aromatic rings. The van der Waals surface area contributed by atoms with Crippen molar-refractivity contribution in [3.63, 3.8) is 0 Å². The zero-order valence-corrected chi connectivity index (χ0v) is 6.94. The summed E-state index contributed by atoms with van der Waals surface area (Å²) in [5.74, 6) is 0. The summed E-state index contributed by atoms with van der Waals surface area (Å²) in [6, 6.07) is 0. The molecule has 0 N–H and O–H groups in total. The van der Waals surface area contributed by atoms with Crippen molar-refractivity contribution < 1.29 is 23.1 Å². The molecular formula is C5H9F2O3P-2. The largest absolute Gasteiger partial charge is 0.807 e. The highest BCUT2D eigenvalue weighted by molar-refractivity contribution is 7.50. The summed E-state index contributed by atoms with van der Waals surface area (Å²) in [5, 5.41) is 0. The number of rotatable bonds is 4. The fourth-order valence-electron chi connectivity index (χ4n) is 0.526. The first-order chi connectivity index (χ1) is 4.81. The van der Waals surface area contributed by atoms with Crippen LogP contribution in [0.3, 0.4) is 0 Å². The second kappa shape index (κ2) is 3.61. The monoisotopic (exact) mass is 186 g/mol. The van der Waals surface area contributed by atoms with E-state index in [0.717, 1.165) is 0 Å². The maximum Gasteiger partial charge on any atom is 0.272 e. The fraction of sp³-hybridized carbons (Fsp3) is 1.00. The lowest BCUT2D eigenvalue weighted by Crippen LogP contribution is -2.31. The molecule has 0 aromatic carbocycles. The Kier molecular flexibility index (Phi) is 3.61. The van der Waals surface area contributed by atoms with Gasteiger partial charge in [0, 0.05) is 14.0 Å². The predicted octanol–water partition coefficient (Wildman–Crippen LogP) is 0.683. The molecule has 0 fully saturated rings. The Labute approximate surface area is 63.6 Å². The smallest absolute Gasteiger partial charge is 0.272 e. The van der Waals surface area contributed by atoms with Gasteiger partial charge in [0.2, 0.25) is 0 Å². The summed E-state index contributed by atoms with van der Waals surface area (Å²) in [5.41, 5.74) is -4.07. The molecule has 0 aliphatic rings. The molecule has 68 valence electrons. The van der Waals surface area contributed by atoms with Crippen LogP contribution < -0.4 is 9.79 Å². The highest BCUT2D eigenvalue weighted by Crippen LogP contribution is 2.48. The van der Waals surface area contributed by atoms with Crippen molar-refractivity contribution in [2.75, 3.05) is 0 Å². The van der Waals surface area contributed by atoms with Crippen LogP contribution in [0.1, 0.15) is 26.2 Å². The van der Waals surface area contributed by atoms with Crippen LogP contribution in [0, 0.1) is 0 Å². The van der Waals surface area contributed by atoms with Gasteiger partial charge in [-0.1, -0.05) is 13.3 Å². The molecule has 0 aromatic heterocycles. The third-order valence-electron chi connectivity index (χ3n) is 1.23. The van der Waals surface area contributed by atoms with E-state index in [1.807, 2.05) is 0 Å². The molecule has 0 spiro atoms. The van der Waals surface area contributed by atoms with Crippen molar-refractivity contribution in [2.45, 2.75) is 31.8 Å². The Balaban J connectivity index is 4.11. The number of halogens is 2. The lowest BCUT2D eigenvalue weighted by molar-refractivity contribution is -0.334. The maximum absolute atomic E-state index is 12.2. The van der Waals surface area contributed by atoms with Gasteiger partial charge in [-0.2, -0.15) is 0 Å². The van der Waals surface area contributed by atoms with E-state index in [0.29, 0.717) is 6.42 Å². The molecule has 0 rings (SSSR count). The van der Waals surface area contributed by atoms with Gasteiger partial charge >= 0.3 is 0 Å². The van der Waals surface area contributed by atoms with E-state index in [-0.39, 0.29) is 6.42 Å². The molecule has 6 heteroatoms. The number of alkyl halides is 2. The van der Waals surface area contributed by atoms with Gasteiger partial charge in [-0.3, -0.25) is 0 Å². The van der Waals surface area contributed by atoms with Crippen LogP contribution in [-0.4, -0.2) is 5.66 Å². The SMILES string of the molecule is CCCCC(F)(F)P(=O)([O-])[O-]. The molecule has 0 amide bonds. The number of hydrogen-bond acceptors (Lipinski definition) is 3. The Morgan fingerprint density at radius 2 is 1.91 bits per heavy atom. The van der Waals surface area contributed by atoms with E-state index in [2.05, 4.69) is 0 Å². The van der Waals surface area contributed by atoms with Gasteiger partial charge in [0.25, 0.3) is 5.66 Å². The molecule has 0 atom stereocenters. The first kappa shape index (κ1) is 11.0. The predicted molar refractivity (Wildman–Crippen MR) is 32.1 cm³/mol. The number of hydrogen-bond donors (Lipinski definition) is 0. The Bertz CT molecular complexity index is 165. The minimum absolute atomic E-state index is 0.0431. The summed E-state index contributed by atoms with van der Waals surface area (Å²) in [6.45, 7) is 1.64. The maximum atomic E-state index is 12.2. The molecule has 0 aliphatic heterocycles. The van der Waals surface area contributed by atoms with Crippen molar-refractivity contribution in [3.05, 3.63) is 0 Å².